The molecule has 2 rings (SSSR count). The molecule has 0 bridgehead atoms. The molecule has 0 fully saturated rings. The van der Waals surface area contributed by atoms with Crippen LogP contribution in [0.1, 0.15) is 12.3 Å². The minimum absolute atomic E-state index is 0.135. The molecule has 1 aromatic heterocycles. The van der Waals surface area contributed by atoms with E-state index < -0.39 is 5.97 Å². The van der Waals surface area contributed by atoms with Gasteiger partial charge in [0.25, 0.3) is 0 Å². The molecule has 2 aromatic rings. The lowest BCUT2D eigenvalue weighted by Gasteiger charge is -1.97. The number of rotatable bonds is 6. The minimum Gasteiger partial charge on any atom is -0.481 e. The molecule has 1 N–H and O–H groups in total. The Morgan fingerprint density at radius 2 is 2.16 bits per heavy atom. The summed E-state index contributed by atoms with van der Waals surface area (Å²) in [6.45, 7) is 0. The quantitative estimate of drug-likeness (QED) is 0.812. The molecule has 0 amide bonds. The van der Waals surface area contributed by atoms with Crippen molar-refractivity contribution >= 4 is 33.7 Å². The molecule has 0 unspecified atom stereocenters. The van der Waals surface area contributed by atoms with Crippen LogP contribution in [0.25, 0.3) is 11.5 Å². The summed E-state index contributed by atoms with van der Waals surface area (Å²) in [7, 11) is 0. The van der Waals surface area contributed by atoms with Crippen LogP contribution in [0, 0.1) is 0 Å². The predicted octanol–water partition coefficient (Wildman–Crippen LogP) is 3.21. The zero-order valence-corrected chi connectivity index (χ0v) is 12.3. The Morgan fingerprint density at radius 3 is 2.89 bits per heavy atom. The smallest absolute Gasteiger partial charge is 0.304 e. The van der Waals surface area contributed by atoms with Gasteiger partial charge in [-0.15, -0.1) is 10.2 Å². The van der Waals surface area contributed by atoms with Gasteiger partial charge in [-0.3, -0.25) is 4.79 Å². The molecule has 1 aromatic carbocycles. The topological polar surface area (TPSA) is 76.2 Å². The van der Waals surface area contributed by atoms with E-state index in [0.717, 1.165) is 10.0 Å². The number of nitrogens with zero attached hydrogens (tertiary/aromatic N) is 2. The molecule has 0 aliphatic carbocycles. The number of halogens is 1. The first-order valence-electron chi connectivity index (χ1n) is 5.53. The first-order valence-corrected chi connectivity index (χ1v) is 7.48. The van der Waals surface area contributed by atoms with Crippen molar-refractivity contribution in [3.05, 3.63) is 34.6 Å². The van der Waals surface area contributed by atoms with Crippen LogP contribution in [0.4, 0.5) is 0 Å². The van der Waals surface area contributed by atoms with Crippen molar-refractivity contribution in [2.45, 2.75) is 12.2 Å². The van der Waals surface area contributed by atoms with Gasteiger partial charge in [0.05, 0.1) is 17.7 Å². The Morgan fingerprint density at radius 1 is 1.37 bits per heavy atom. The van der Waals surface area contributed by atoms with Gasteiger partial charge in [0.15, 0.2) is 0 Å². The third kappa shape index (κ3) is 4.07. The lowest BCUT2D eigenvalue weighted by Crippen LogP contribution is -1.96. The summed E-state index contributed by atoms with van der Waals surface area (Å²) >= 11 is 4.88. The number of carbonyl (C=O) groups is 1. The van der Waals surface area contributed by atoms with E-state index in [1.54, 1.807) is 0 Å². The van der Waals surface area contributed by atoms with Crippen LogP contribution in [0.2, 0.25) is 0 Å². The first-order chi connectivity index (χ1) is 9.16. The van der Waals surface area contributed by atoms with E-state index in [0.29, 0.717) is 23.3 Å². The van der Waals surface area contributed by atoms with Crippen LogP contribution in [-0.2, 0) is 10.5 Å². The van der Waals surface area contributed by atoms with Crippen LogP contribution < -0.4 is 0 Å². The molecule has 0 radical (unpaired) electrons. The highest BCUT2D eigenvalue weighted by atomic mass is 79.9. The normalized spacial score (nSPS) is 10.6. The standard InChI is InChI=1S/C12H11BrN2O3S/c13-9-4-2-1-3-8(9)12-15-14-10(18-12)7-19-6-5-11(16)17/h1-4H,5-7H2,(H,16,17). The fourth-order valence-electron chi connectivity index (χ4n) is 1.37. The van der Waals surface area contributed by atoms with Gasteiger partial charge in [0, 0.05) is 10.2 Å². The molecule has 0 saturated carbocycles. The average molecular weight is 343 g/mol. The number of aromatic nitrogens is 2. The highest BCUT2D eigenvalue weighted by molar-refractivity contribution is 9.10. The maximum atomic E-state index is 10.4. The predicted molar refractivity (Wildman–Crippen MR) is 75.8 cm³/mol. The molecule has 19 heavy (non-hydrogen) atoms. The summed E-state index contributed by atoms with van der Waals surface area (Å²) in [5.74, 6) is 1.21. The number of carboxylic acid groups (broad SMARTS) is 1. The lowest BCUT2D eigenvalue weighted by molar-refractivity contribution is -0.136. The van der Waals surface area contributed by atoms with Gasteiger partial charge in [-0.25, -0.2) is 0 Å². The third-order valence-electron chi connectivity index (χ3n) is 2.26. The first kappa shape index (κ1) is 14.1. The second-order valence-corrected chi connectivity index (χ2v) is 5.64. The second-order valence-electron chi connectivity index (χ2n) is 3.68. The minimum atomic E-state index is -0.799. The largest absolute Gasteiger partial charge is 0.481 e. The molecule has 0 saturated heterocycles. The van der Waals surface area contributed by atoms with Gasteiger partial charge in [-0.2, -0.15) is 11.8 Å². The molecule has 7 heteroatoms. The van der Waals surface area contributed by atoms with Crippen LogP contribution >= 0.6 is 27.7 Å². The maximum absolute atomic E-state index is 10.4. The van der Waals surface area contributed by atoms with E-state index in [1.165, 1.54) is 11.8 Å². The molecule has 0 aliphatic rings. The summed E-state index contributed by atoms with van der Waals surface area (Å²) in [6, 6.07) is 7.60. The maximum Gasteiger partial charge on any atom is 0.304 e. The Labute approximate surface area is 122 Å². The Kier molecular flexibility index (Phi) is 4.98. The number of thioether (sulfide) groups is 1. The van der Waals surface area contributed by atoms with Crippen molar-refractivity contribution in [1.82, 2.24) is 10.2 Å². The van der Waals surface area contributed by atoms with Crippen molar-refractivity contribution in [2.24, 2.45) is 0 Å². The summed E-state index contributed by atoms with van der Waals surface area (Å²) in [5, 5.41) is 16.5. The fourth-order valence-corrected chi connectivity index (χ4v) is 2.58. The number of aliphatic carboxylic acids is 1. The summed E-state index contributed by atoms with van der Waals surface area (Å²) in [5.41, 5.74) is 0.844. The Balaban J connectivity index is 1.96. The SMILES string of the molecule is O=C(O)CCSCc1nnc(-c2ccccc2Br)o1. The van der Waals surface area contributed by atoms with Gasteiger partial charge in [-0.1, -0.05) is 12.1 Å². The van der Waals surface area contributed by atoms with E-state index in [9.17, 15) is 4.79 Å². The monoisotopic (exact) mass is 342 g/mol. The Hall–Kier alpha value is -1.34. The molecule has 1 heterocycles. The van der Waals surface area contributed by atoms with E-state index in [2.05, 4.69) is 26.1 Å². The van der Waals surface area contributed by atoms with Crippen molar-refractivity contribution < 1.29 is 14.3 Å². The highest BCUT2D eigenvalue weighted by Crippen LogP contribution is 2.27. The molecule has 0 aliphatic heterocycles. The third-order valence-corrected chi connectivity index (χ3v) is 3.89. The van der Waals surface area contributed by atoms with Gasteiger partial charge in [-0.05, 0) is 28.1 Å². The van der Waals surface area contributed by atoms with Gasteiger partial charge in [0.1, 0.15) is 0 Å². The number of hydrogen-bond acceptors (Lipinski definition) is 5. The van der Waals surface area contributed by atoms with Crippen molar-refractivity contribution in [3.8, 4) is 11.5 Å². The lowest BCUT2D eigenvalue weighted by atomic mass is 10.2. The zero-order valence-electron chi connectivity index (χ0n) is 9.88. The van der Waals surface area contributed by atoms with Crippen molar-refractivity contribution in [3.63, 3.8) is 0 Å². The van der Waals surface area contributed by atoms with E-state index in [1.807, 2.05) is 24.3 Å². The molecular weight excluding hydrogens is 332 g/mol. The molecule has 0 spiro atoms. The zero-order chi connectivity index (χ0) is 13.7. The summed E-state index contributed by atoms with van der Waals surface area (Å²) < 4.78 is 6.43. The van der Waals surface area contributed by atoms with Gasteiger partial charge in [0.2, 0.25) is 11.8 Å². The van der Waals surface area contributed by atoms with Crippen LogP contribution in [0.15, 0.2) is 33.2 Å². The number of benzene rings is 1. The number of hydrogen-bond donors (Lipinski definition) is 1. The fraction of sp³-hybridized carbons (Fsp3) is 0.250. The van der Waals surface area contributed by atoms with Gasteiger partial charge < -0.3 is 9.52 Å². The van der Waals surface area contributed by atoms with Gasteiger partial charge >= 0.3 is 5.97 Å². The van der Waals surface area contributed by atoms with Crippen molar-refractivity contribution in [1.29, 1.82) is 0 Å². The van der Waals surface area contributed by atoms with Crippen molar-refractivity contribution in [2.75, 3.05) is 5.75 Å². The molecule has 5 nitrogen and oxygen atoms in total. The average Bonchev–Trinajstić information content (AvgIpc) is 2.83. The molecule has 100 valence electrons. The number of carboxylic acids is 1. The van der Waals surface area contributed by atoms with E-state index in [4.69, 9.17) is 9.52 Å². The van der Waals surface area contributed by atoms with Crippen LogP contribution in [-0.4, -0.2) is 27.0 Å². The molecular formula is C12H11BrN2O3S. The summed E-state index contributed by atoms with van der Waals surface area (Å²) in [6.07, 6.45) is 0.135. The van der Waals surface area contributed by atoms with Crippen LogP contribution in [0.5, 0.6) is 0 Å². The summed E-state index contributed by atoms with van der Waals surface area (Å²) in [4.78, 5) is 10.4. The Bertz CT molecular complexity index is 574. The highest BCUT2D eigenvalue weighted by Gasteiger charge is 2.11. The molecule has 0 atom stereocenters. The van der Waals surface area contributed by atoms with E-state index >= 15 is 0 Å². The second kappa shape index (κ2) is 6.72. The van der Waals surface area contributed by atoms with Crippen LogP contribution in [0.3, 0.4) is 0 Å². The van der Waals surface area contributed by atoms with E-state index in [-0.39, 0.29) is 6.42 Å².